The third kappa shape index (κ3) is 4.78. The molecule has 2 aromatic carbocycles. The Kier molecular flexibility index (Phi) is 6.12. The van der Waals surface area contributed by atoms with E-state index in [0.717, 1.165) is 11.8 Å². The molecule has 0 aliphatic heterocycles. The molecule has 0 aliphatic carbocycles. The Morgan fingerprint density at radius 2 is 2.04 bits per heavy atom. The molecule has 1 amide bonds. The van der Waals surface area contributed by atoms with E-state index in [9.17, 15) is 14.9 Å². The van der Waals surface area contributed by atoms with Crippen LogP contribution in [0.15, 0.2) is 52.1 Å². The van der Waals surface area contributed by atoms with E-state index < -0.39 is 10.8 Å². The molecule has 1 heterocycles. The van der Waals surface area contributed by atoms with Crippen molar-refractivity contribution in [3.05, 3.63) is 57.6 Å². The van der Waals surface area contributed by atoms with E-state index in [1.165, 1.54) is 18.2 Å². The third-order valence-electron chi connectivity index (χ3n) is 3.50. The van der Waals surface area contributed by atoms with Crippen molar-refractivity contribution in [1.82, 2.24) is 10.2 Å². The normalized spacial score (nSPS) is 10.5. The Morgan fingerprint density at radius 1 is 1.29 bits per heavy atom. The van der Waals surface area contributed by atoms with Crippen LogP contribution >= 0.6 is 23.4 Å². The second kappa shape index (κ2) is 8.72. The molecule has 0 spiro atoms. The number of nitro benzene ring substituents is 1. The molecule has 3 rings (SSSR count). The summed E-state index contributed by atoms with van der Waals surface area (Å²) in [5, 5.41) is 21.8. The van der Waals surface area contributed by atoms with E-state index in [-0.39, 0.29) is 27.4 Å². The lowest BCUT2D eigenvalue weighted by Crippen LogP contribution is -2.15. The molecule has 28 heavy (non-hydrogen) atoms. The molecule has 1 aromatic heterocycles. The van der Waals surface area contributed by atoms with Gasteiger partial charge in [0, 0.05) is 16.7 Å². The highest BCUT2D eigenvalue weighted by Gasteiger charge is 2.17. The van der Waals surface area contributed by atoms with Crippen molar-refractivity contribution in [1.29, 1.82) is 0 Å². The van der Waals surface area contributed by atoms with Crippen LogP contribution in [0.3, 0.4) is 0 Å². The average Bonchev–Trinajstić information content (AvgIpc) is 3.17. The number of carbonyl (C=O) groups is 1. The van der Waals surface area contributed by atoms with Crippen LogP contribution in [0.4, 0.5) is 11.4 Å². The summed E-state index contributed by atoms with van der Waals surface area (Å²) in [7, 11) is 1.57. The molecular weight excluding hydrogens is 408 g/mol. The molecule has 0 saturated carbocycles. The summed E-state index contributed by atoms with van der Waals surface area (Å²) in [6, 6.07) is 11.1. The Hall–Kier alpha value is -3.11. The number of hydrogen-bond acceptors (Lipinski definition) is 8. The van der Waals surface area contributed by atoms with Gasteiger partial charge in [-0.05, 0) is 36.4 Å². The first-order valence-electron chi connectivity index (χ1n) is 7.81. The molecule has 9 nitrogen and oxygen atoms in total. The van der Waals surface area contributed by atoms with E-state index >= 15 is 0 Å². The van der Waals surface area contributed by atoms with Crippen LogP contribution in [-0.4, -0.2) is 33.9 Å². The van der Waals surface area contributed by atoms with Crippen molar-refractivity contribution in [2.45, 2.75) is 5.22 Å². The number of hydrogen-bond donors (Lipinski definition) is 1. The monoisotopic (exact) mass is 420 g/mol. The summed E-state index contributed by atoms with van der Waals surface area (Å²) in [6.07, 6.45) is 0. The van der Waals surface area contributed by atoms with Gasteiger partial charge in [0.1, 0.15) is 11.4 Å². The molecule has 1 N–H and O–H groups in total. The standard InChI is InChI=1S/C17H13ClN4O5S/c1-26-12-5-2-10(3-6-12)16-20-21-17(27-16)28-9-15(23)19-13-7-4-11(18)8-14(13)22(24)25/h2-8H,9H2,1H3,(H,19,23). The first kappa shape index (κ1) is 19.6. The van der Waals surface area contributed by atoms with Crippen molar-refractivity contribution < 1.29 is 18.9 Å². The lowest BCUT2D eigenvalue weighted by atomic mass is 10.2. The number of nitrogens with one attached hydrogen (secondary N) is 1. The van der Waals surface area contributed by atoms with Gasteiger partial charge in [0.05, 0.1) is 17.8 Å². The topological polar surface area (TPSA) is 120 Å². The number of halogens is 1. The highest BCUT2D eigenvalue weighted by Crippen LogP contribution is 2.29. The number of anilines is 1. The van der Waals surface area contributed by atoms with E-state index in [4.69, 9.17) is 20.8 Å². The number of nitrogens with zero attached hydrogens (tertiary/aromatic N) is 3. The van der Waals surface area contributed by atoms with E-state index in [2.05, 4.69) is 15.5 Å². The predicted octanol–water partition coefficient (Wildman–Crippen LogP) is 4.04. The molecule has 0 aliphatic rings. The van der Waals surface area contributed by atoms with Crippen molar-refractivity contribution in [2.75, 3.05) is 18.2 Å². The first-order valence-corrected chi connectivity index (χ1v) is 9.17. The second-order valence-corrected chi connectivity index (χ2v) is 6.72. The maximum Gasteiger partial charge on any atom is 0.294 e. The molecular formula is C17H13ClN4O5S. The molecule has 0 saturated heterocycles. The Labute approximate surface area is 168 Å². The van der Waals surface area contributed by atoms with Gasteiger partial charge in [0.2, 0.25) is 11.8 Å². The van der Waals surface area contributed by atoms with Gasteiger partial charge in [0.15, 0.2) is 0 Å². The number of nitro groups is 1. The summed E-state index contributed by atoms with van der Waals surface area (Å²) in [4.78, 5) is 22.5. The molecule has 144 valence electrons. The van der Waals surface area contributed by atoms with Gasteiger partial charge in [-0.1, -0.05) is 23.4 Å². The quantitative estimate of drug-likeness (QED) is 0.345. The maximum absolute atomic E-state index is 12.1. The number of methoxy groups -OCH3 is 1. The van der Waals surface area contributed by atoms with E-state index in [1.807, 2.05) is 0 Å². The number of carbonyl (C=O) groups excluding carboxylic acids is 1. The van der Waals surface area contributed by atoms with Crippen LogP contribution in [0.1, 0.15) is 0 Å². The van der Waals surface area contributed by atoms with Gasteiger partial charge in [-0.3, -0.25) is 14.9 Å². The van der Waals surface area contributed by atoms with Crippen LogP contribution in [0.5, 0.6) is 5.75 Å². The van der Waals surface area contributed by atoms with E-state index in [1.54, 1.807) is 31.4 Å². The minimum atomic E-state index is -0.617. The average molecular weight is 421 g/mol. The summed E-state index contributed by atoms with van der Waals surface area (Å²) in [5.74, 6) is 0.480. The summed E-state index contributed by atoms with van der Waals surface area (Å²) >= 11 is 6.77. The third-order valence-corrected chi connectivity index (χ3v) is 4.55. The predicted molar refractivity (Wildman–Crippen MR) is 104 cm³/mol. The van der Waals surface area contributed by atoms with Crippen LogP contribution in [0.2, 0.25) is 5.02 Å². The molecule has 11 heteroatoms. The lowest BCUT2D eigenvalue weighted by molar-refractivity contribution is -0.383. The molecule has 0 atom stereocenters. The zero-order valence-electron chi connectivity index (χ0n) is 14.4. The minimum Gasteiger partial charge on any atom is -0.497 e. The van der Waals surface area contributed by atoms with Gasteiger partial charge >= 0.3 is 0 Å². The van der Waals surface area contributed by atoms with Crippen LogP contribution < -0.4 is 10.1 Å². The second-order valence-electron chi connectivity index (χ2n) is 5.36. The van der Waals surface area contributed by atoms with Crippen molar-refractivity contribution in [3.63, 3.8) is 0 Å². The van der Waals surface area contributed by atoms with Gasteiger partial charge in [-0.25, -0.2) is 0 Å². The van der Waals surface area contributed by atoms with Gasteiger partial charge in [0.25, 0.3) is 10.9 Å². The number of benzene rings is 2. The number of thioether (sulfide) groups is 1. The fourth-order valence-corrected chi connectivity index (χ4v) is 2.92. The minimum absolute atomic E-state index is 0.0597. The smallest absolute Gasteiger partial charge is 0.294 e. The van der Waals surface area contributed by atoms with Crippen molar-refractivity contribution in [3.8, 4) is 17.2 Å². The molecule has 0 fully saturated rings. The number of aromatic nitrogens is 2. The molecule has 0 bridgehead atoms. The number of rotatable bonds is 7. The SMILES string of the molecule is COc1ccc(-c2nnc(SCC(=O)Nc3ccc(Cl)cc3[N+](=O)[O-])o2)cc1. The Morgan fingerprint density at radius 3 is 2.71 bits per heavy atom. The molecule has 0 unspecified atom stereocenters. The first-order chi connectivity index (χ1) is 13.5. The van der Waals surface area contributed by atoms with E-state index in [0.29, 0.717) is 17.2 Å². The van der Waals surface area contributed by atoms with Gasteiger partial charge in [-0.15, -0.1) is 10.2 Å². The van der Waals surface area contributed by atoms with Crippen LogP contribution in [0.25, 0.3) is 11.5 Å². The van der Waals surface area contributed by atoms with Gasteiger partial charge in [-0.2, -0.15) is 0 Å². The van der Waals surface area contributed by atoms with Crippen molar-refractivity contribution in [2.24, 2.45) is 0 Å². The zero-order valence-corrected chi connectivity index (χ0v) is 16.0. The highest BCUT2D eigenvalue weighted by molar-refractivity contribution is 7.99. The van der Waals surface area contributed by atoms with Crippen LogP contribution in [-0.2, 0) is 4.79 Å². The zero-order chi connectivity index (χ0) is 20.1. The Balaban J connectivity index is 1.61. The molecule has 0 radical (unpaired) electrons. The number of amides is 1. The largest absolute Gasteiger partial charge is 0.497 e. The van der Waals surface area contributed by atoms with Crippen molar-refractivity contribution >= 4 is 40.6 Å². The van der Waals surface area contributed by atoms with Crippen LogP contribution in [0, 0.1) is 10.1 Å². The highest BCUT2D eigenvalue weighted by atomic mass is 35.5. The summed E-state index contributed by atoms with van der Waals surface area (Å²) in [6.45, 7) is 0. The summed E-state index contributed by atoms with van der Waals surface area (Å²) in [5.41, 5.74) is 0.483. The summed E-state index contributed by atoms with van der Waals surface area (Å²) < 4.78 is 10.6. The van der Waals surface area contributed by atoms with Gasteiger partial charge < -0.3 is 14.5 Å². The maximum atomic E-state index is 12.1. The fraction of sp³-hybridized carbons (Fsp3) is 0.118. The molecule has 3 aromatic rings. The lowest BCUT2D eigenvalue weighted by Gasteiger charge is -2.05. The fourth-order valence-electron chi connectivity index (χ4n) is 2.19. The number of ether oxygens (including phenoxy) is 1. The Bertz CT molecular complexity index is 1010.